The molecule has 0 unspecified atom stereocenters. The molecule has 1 amide bonds. The van der Waals surface area contributed by atoms with Crippen molar-refractivity contribution in [3.8, 4) is 0 Å². The predicted octanol–water partition coefficient (Wildman–Crippen LogP) is 4.11. The second-order valence-corrected chi connectivity index (χ2v) is 5.46. The van der Waals surface area contributed by atoms with Gasteiger partial charge < -0.3 is 10.6 Å². The van der Waals surface area contributed by atoms with Gasteiger partial charge in [-0.2, -0.15) is 0 Å². The number of hydrogen-bond donors (Lipinski definition) is 2. The molecule has 0 saturated heterocycles. The summed E-state index contributed by atoms with van der Waals surface area (Å²) in [5.74, 6) is -0.000483. The maximum absolute atomic E-state index is 11.7. The SMILES string of the molecule is O=C(CCNc1cccc(Cl)c1)NCc1ccc(Cl)cc1. The van der Waals surface area contributed by atoms with E-state index in [1.165, 1.54) is 0 Å². The van der Waals surface area contributed by atoms with Gasteiger partial charge in [0, 0.05) is 35.2 Å². The zero-order valence-corrected chi connectivity index (χ0v) is 12.9. The first-order chi connectivity index (χ1) is 10.1. The van der Waals surface area contributed by atoms with Crippen LogP contribution in [0.25, 0.3) is 0 Å². The van der Waals surface area contributed by atoms with Crippen molar-refractivity contribution < 1.29 is 4.79 Å². The molecule has 2 aromatic rings. The van der Waals surface area contributed by atoms with E-state index in [2.05, 4.69) is 10.6 Å². The van der Waals surface area contributed by atoms with Gasteiger partial charge in [-0.05, 0) is 35.9 Å². The summed E-state index contributed by atoms with van der Waals surface area (Å²) in [6, 6.07) is 14.8. The van der Waals surface area contributed by atoms with Crippen LogP contribution < -0.4 is 10.6 Å². The van der Waals surface area contributed by atoms with Crippen LogP contribution in [0.3, 0.4) is 0 Å². The van der Waals surface area contributed by atoms with Crippen LogP contribution in [0, 0.1) is 0 Å². The van der Waals surface area contributed by atoms with Gasteiger partial charge in [-0.15, -0.1) is 0 Å². The van der Waals surface area contributed by atoms with Crippen molar-refractivity contribution in [2.45, 2.75) is 13.0 Å². The second kappa shape index (κ2) is 7.91. The van der Waals surface area contributed by atoms with Gasteiger partial charge in [-0.1, -0.05) is 41.4 Å². The van der Waals surface area contributed by atoms with Crippen molar-refractivity contribution in [3.63, 3.8) is 0 Å². The third-order valence-electron chi connectivity index (χ3n) is 2.91. The lowest BCUT2D eigenvalue weighted by Crippen LogP contribution is -2.24. The first kappa shape index (κ1) is 15.7. The van der Waals surface area contributed by atoms with Gasteiger partial charge in [0.1, 0.15) is 0 Å². The van der Waals surface area contributed by atoms with Gasteiger partial charge in [-0.3, -0.25) is 4.79 Å². The molecule has 0 fully saturated rings. The summed E-state index contributed by atoms with van der Waals surface area (Å²) in [6.07, 6.45) is 0.403. The molecule has 3 nitrogen and oxygen atoms in total. The summed E-state index contributed by atoms with van der Waals surface area (Å²) in [5, 5.41) is 7.39. The first-order valence-electron chi connectivity index (χ1n) is 6.64. The van der Waals surface area contributed by atoms with E-state index >= 15 is 0 Å². The van der Waals surface area contributed by atoms with Crippen molar-refractivity contribution in [2.75, 3.05) is 11.9 Å². The van der Waals surface area contributed by atoms with Crippen molar-refractivity contribution >= 4 is 34.8 Å². The lowest BCUT2D eigenvalue weighted by molar-refractivity contribution is -0.121. The number of rotatable bonds is 6. The Morgan fingerprint density at radius 1 is 1.00 bits per heavy atom. The highest BCUT2D eigenvalue weighted by Gasteiger charge is 2.01. The van der Waals surface area contributed by atoms with Gasteiger partial charge in [-0.25, -0.2) is 0 Å². The molecule has 0 radical (unpaired) electrons. The Kier molecular flexibility index (Phi) is 5.90. The maximum Gasteiger partial charge on any atom is 0.222 e. The lowest BCUT2D eigenvalue weighted by Gasteiger charge is -2.08. The molecular formula is C16H16Cl2N2O. The average Bonchev–Trinajstić information content (AvgIpc) is 2.47. The zero-order chi connectivity index (χ0) is 15.1. The predicted molar refractivity (Wildman–Crippen MR) is 87.9 cm³/mol. The van der Waals surface area contributed by atoms with Crippen LogP contribution in [-0.2, 0) is 11.3 Å². The van der Waals surface area contributed by atoms with E-state index in [9.17, 15) is 4.79 Å². The van der Waals surface area contributed by atoms with Gasteiger partial charge in [0.25, 0.3) is 0 Å². The standard InChI is InChI=1S/C16H16Cl2N2O/c17-13-6-4-12(5-7-13)11-20-16(21)8-9-19-15-3-1-2-14(18)10-15/h1-7,10,19H,8-9,11H2,(H,20,21). The number of hydrogen-bond acceptors (Lipinski definition) is 2. The third kappa shape index (κ3) is 5.66. The molecule has 0 aliphatic carbocycles. The van der Waals surface area contributed by atoms with Crippen LogP contribution >= 0.6 is 23.2 Å². The van der Waals surface area contributed by atoms with Crippen molar-refractivity contribution in [1.82, 2.24) is 5.32 Å². The van der Waals surface area contributed by atoms with Gasteiger partial charge in [0.15, 0.2) is 0 Å². The fraction of sp³-hybridized carbons (Fsp3) is 0.188. The minimum absolute atomic E-state index is 0.000483. The van der Waals surface area contributed by atoms with Crippen molar-refractivity contribution in [3.05, 3.63) is 64.1 Å². The zero-order valence-electron chi connectivity index (χ0n) is 11.4. The van der Waals surface area contributed by atoms with Crippen LogP contribution in [0.15, 0.2) is 48.5 Å². The average molecular weight is 323 g/mol. The van der Waals surface area contributed by atoms with Gasteiger partial charge in [0.2, 0.25) is 5.91 Å². The topological polar surface area (TPSA) is 41.1 Å². The molecule has 0 aliphatic rings. The van der Waals surface area contributed by atoms with E-state index < -0.39 is 0 Å². The minimum atomic E-state index is -0.000483. The molecule has 21 heavy (non-hydrogen) atoms. The third-order valence-corrected chi connectivity index (χ3v) is 3.40. The molecular weight excluding hydrogens is 307 g/mol. The molecule has 2 rings (SSSR count). The molecule has 0 bridgehead atoms. The second-order valence-electron chi connectivity index (χ2n) is 4.59. The fourth-order valence-electron chi connectivity index (χ4n) is 1.81. The Balaban J connectivity index is 1.69. The van der Waals surface area contributed by atoms with E-state index in [0.717, 1.165) is 11.3 Å². The highest BCUT2D eigenvalue weighted by Crippen LogP contribution is 2.14. The molecule has 2 N–H and O–H groups in total. The number of benzene rings is 2. The summed E-state index contributed by atoms with van der Waals surface area (Å²) in [4.78, 5) is 11.7. The summed E-state index contributed by atoms with van der Waals surface area (Å²) in [5.41, 5.74) is 1.93. The molecule has 0 aliphatic heterocycles. The smallest absolute Gasteiger partial charge is 0.222 e. The number of carbonyl (C=O) groups excluding carboxylic acids is 1. The summed E-state index contributed by atoms with van der Waals surface area (Å²) in [6.45, 7) is 1.07. The molecule has 2 aromatic carbocycles. The number of nitrogens with one attached hydrogen (secondary N) is 2. The maximum atomic E-state index is 11.7. The van der Waals surface area contributed by atoms with Crippen molar-refractivity contribution in [1.29, 1.82) is 0 Å². The van der Waals surface area contributed by atoms with E-state index in [0.29, 0.717) is 29.6 Å². The van der Waals surface area contributed by atoms with E-state index in [1.54, 1.807) is 0 Å². The Morgan fingerprint density at radius 3 is 2.48 bits per heavy atom. The van der Waals surface area contributed by atoms with Crippen molar-refractivity contribution in [2.24, 2.45) is 0 Å². The quantitative estimate of drug-likeness (QED) is 0.840. The number of halogens is 2. The van der Waals surface area contributed by atoms with Crippen LogP contribution in [0.2, 0.25) is 10.0 Å². The van der Waals surface area contributed by atoms with Crippen LogP contribution in [0.4, 0.5) is 5.69 Å². The highest BCUT2D eigenvalue weighted by molar-refractivity contribution is 6.31. The normalized spacial score (nSPS) is 10.2. The molecule has 0 atom stereocenters. The van der Waals surface area contributed by atoms with E-state index in [1.807, 2.05) is 48.5 Å². The van der Waals surface area contributed by atoms with E-state index in [4.69, 9.17) is 23.2 Å². The fourth-order valence-corrected chi connectivity index (χ4v) is 2.13. The molecule has 0 spiro atoms. The Hall–Kier alpha value is -1.71. The number of amides is 1. The molecule has 110 valence electrons. The molecule has 0 aromatic heterocycles. The van der Waals surface area contributed by atoms with Crippen LogP contribution in [-0.4, -0.2) is 12.5 Å². The first-order valence-corrected chi connectivity index (χ1v) is 7.39. The largest absolute Gasteiger partial charge is 0.384 e. The Morgan fingerprint density at radius 2 is 1.76 bits per heavy atom. The van der Waals surface area contributed by atoms with E-state index in [-0.39, 0.29) is 5.91 Å². The number of anilines is 1. The molecule has 0 saturated carbocycles. The Bertz CT molecular complexity index is 599. The Labute approximate surface area is 134 Å². The van der Waals surface area contributed by atoms with Crippen LogP contribution in [0.1, 0.15) is 12.0 Å². The minimum Gasteiger partial charge on any atom is -0.384 e. The molecule has 0 heterocycles. The summed E-state index contributed by atoms with van der Waals surface area (Å²) in [7, 11) is 0. The van der Waals surface area contributed by atoms with Crippen LogP contribution in [0.5, 0.6) is 0 Å². The highest BCUT2D eigenvalue weighted by atomic mass is 35.5. The van der Waals surface area contributed by atoms with Gasteiger partial charge >= 0.3 is 0 Å². The monoisotopic (exact) mass is 322 g/mol. The number of carbonyl (C=O) groups is 1. The van der Waals surface area contributed by atoms with Gasteiger partial charge in [0.05, 0.1) is 0 Å². The molecule has 5 heteroatoms. The summed E-state index contributed by atoms with van der Waals surface area (Å²) < 4.78 is 0. The lowest BCUT2D eigenvalue weighted by atomic mass is 10.2. The summed E-state index contributed by atoms with van der Waals surface area (Å²) >= 11 is 11.7.